The molecule has 20 heavy (non-hydrogen) atoms. The molecule has 0 bridgehead atoms. The number of ether oxygens (including phenoxy) is 1. The number of amides is 1. The lowest BCUT2D eigenvalue weighted by Crippen LogP contribution is -2.41. The topological polar surface area (TPSA) is 55.6 Å². The number of piperidine rings is 1. The number of hydrogen-bond donors (Lipinski definition) is 1. The average molecular weight is 276 g/mol. The van der Waals surface area contributed by atoms with E-state index in [1.807, 2.05) is 30.9 Å². The summed E-state index contributed by atoms with van der Waals surface area (Å²) in [7, 11) is 0. The highest BCUT2D eigenvalue weighted by molar-refractivity contribution is 5.78. The van der Waals surface area contributed by atoms with Crippen LogP contribution in [0.25, 0.3) is 0 Å². The zero-order valence-electron chi connectivity index (χ0n) is 12.3. The Labute approximate surface area is 120 Å². The van der Waals surface area contributed by atoms with Crippen LogP contribution in [0.4, 0.5) is 0 Å². The van der Waals surface area contributed by atoms with E-state index in [0.29, 0.717) is 5.92 Å². The number of carbonyl (C=O) groups excluding carboxylic acids is 1. The van der Waals surface area contributed by atoms with Crippen LogP contribution in [-0.4, -0.2) is 36.5 Å². The average Bonchev–Trinajstić information content (AvgIpc) is 2.47. The van der Waals surface area contributed by atoms with Crippen LogP contribution in [0.15, 0.2) is 24.3 Å². The maximum atomic E-state index is 11.5. The SMILES string of the molecule is CC(C)Oc1ccc(C2CCN(C(=O)CN)CC2)cc1. The predicted octanol–water partition coefficient (Wildman–Crippen LogP) is 2.14. The van der Waals surface area contributed by atoms with Gasteiger partial charge in [-0.1, -0.05) is 12.1 Å². The fraction of sp³-hybridized carbons (Fsp3) is 0.562. The molecule has 1 amide bonds. The second-order valence-electron chi connectivity index (χ2n) is 5.59. The molecule has 0 spiro atoms. The first-order valence-electron chi connectivity index (χ1n) is 7.34. The summed E-state index contributed by atoms with van der Waals surface area (Å²) in [6.07, 6.45) is 2.22. The Morgan fingerprint density at radius 2 is 1.90 bits per heavy atom. The summed E-state index contributed by atoms with van der Waals surface area (Å²) in [4.78, 5) is 13.4. The van der Waals surface area contributed by atoms with E-state index in [2.05, 4.69) is 12.1 Å². The van der Waals surface area contributed by atoms with Gasteiger partial charge in [0, 0.05) is 13.1 Å². The third-order valence-corrected chi connectivity index (χ3v) is 3.75. The molecule has 1 aliphatic heterocycles. The van der Waals surface area contributed by atoms with Crippen LogP contribution in [0.5, 0.6) is 5.75 Å². The molecule has 1 aromatic carbocycles. The molecule has 1 aromatic rings. The molecule has 0 unspecified atom stereocenters. The highest BCUT2D eigenvalue weighted by Crippen LogP contribution is 2.29. The van der Waals surface area contributed by atoms with Gasteiger partial charge in [-0.2, -0.15) is 0 Å². The van der Waals surface area contributed by atoms with Crippen LogP contribution in [0.2, 0.25) is 0 Å². The van der Waals surface area contributed by atoms with Gasteiger partial charge in [0.25, 0.3) is 0 Å². The van der Waals surface area contributed by atoms with Crippen molar-refractivity contribution in [2.75, 3.05) is 19.6 Å². The van der Waals surface area contributed by atoms with E-state index in [1.54, 1.807) is 0 Å². The zero-order valence-corrected chi connectivity index (χ0v) is 12.3. The van der Waals surface area contributed by atoms with Gasteiger partial charge in [0.15, 0.2) is 0 Å². The molecule has 1 fully saturated rings. The Morgan fingerprint density at radius 3 is 2.40 bits per heavy atom. The molecule has 0 saturated carbocycles. The van der Waals surface area contributed by atoms with E-state index in [1.165, 1.54) is 5.56 Å². The minimum atomic E-state index is 0.0594. The Kier molecular flexibility index (Phi) is 5.01. The van der Waals surface area contributed by atoms with Gasteiger partial charge < -0.3 is 15.4 Å². The molecule has 1 saturated heterocycles. The van der Waals surface area contributed by atoms with Crippen molar-refractivity contribution in [2.45, 2.75) is 38.7 Å². The van der Waals surface area contributed by atoms with Crippen molar-refractivity contribution in [1.82, 2.24) is 4.90 Å². The number of likely N-dealkylation sites (tertiary alicyclic amines) is 1. The van der Waals surface area contributed by atoms with E-state index in [9.17, 15) is 4.79 Å². The molecular weight excluding hydrogens is 252 g/mol. The number of nitrogens with zero attached hydrogens (tertiary/aromatic N) is 1. The molecule has 0 atom stereocenters. The largest absolute Gasteiger partial charge is 0.491 e. The summed E-state index contributed by atoms with van der Waals surface area (Å²) in [5.41, 5.74) is 6.73. The van der Waals surface area contributed by atoms with E-state index < -0.39 is 0 Å². The third-order valence-electron chi connectivity index (χ3n) is 3.75. The van der Waals surface area contributed by atoms with E-state index in [-0.39, 0.29) is 18.6 Å². The van der Waals surface area contributed by atoms with Gasteiger partial charge in [-0.3, -0.25) is 4.79 Å². The first kappa shape index (κ1) is 14.9. The van der Waals surface area contributed by atoms with Crippen LogP contribution in [0.3, 0.4) is 0 Å². The Bertz CT molecular complexity index is 434. The summed E-state index contributed by atoms with van der Waals surface area (Å²) in [5.74, 6) is 1.51. The molecule has 1 heterocycles. The molecule has 2 rings (SSSR count). The summed E-state index contributed by atoms with van der Waals surface area (Å²) in [6, 6.07) is 8.35. The van der Waals surface area contributed by atoms with Crippen LogP contribution in [-0.2, 0) is 4.79 Å². The van der Waals surface area contributed by atoms with E-state index in [0.717, 1.165) is 31.7 Å². The lowest BCUT2D eigenvalue weighted by atomic mass is 9.89. The van der Waals surface area contributed by atoms with Crippen molar-refractivity contribution in [2.24, 2.45) is 5.73 Å². The fourth-order valence-electron chi connectivity index (χ4n) is 2.68. The van der Waals surface area contributed by atoms with Crippen molar-refractivity contribution in [1.29, 1.82) is 0 Å². The fourth-order valence-corrected chi connectivity index (χ4v) is 2.68. The maximum Gasteiger partial charge on any atom is 0.236 e. The van der Waals surface area contributed by atoms with Crippen molar-refractivity contribution in [3.8, 4) is 5.75 Å². The van der Waals surface area contributed by atoms with Gasteiger partial charge in [-0.05, 0) is 50.3 Å². The van der Waals surface area contributed by atoms with Crippen molar-refractivity contribution >= 4 is 5.91 Å². The summed E-state index contributed by atoms with van der Waals surface area (Å²) in [5, 5.41) is 0. The molecule has 2 N–H and O–H groups in total. The van der Waals surface area contributed by atoms with E-state index in [4.69, 9.17) is 10.5 Å². The van der Waals surface area contributed by atoms with Gasteiger partial charge in [0.2, 0.25) is 5.91 Å². The van der Waals surface area contributed by atoms with Gasteiger partial charge >= 0.3 is 0 Å². The molecule has 0 aromatic heterocycles. The normalized spacial score (nSPS) is 16.5. The monoisotopic (exact) mass is 276 g/mol. The number of rotatable bonds is 4. The number of carbonyl (C=O) groups is 1. The summed E-state index contributed by atoms with van der Waals surface area (Å²) < 4.78 is 5.65. The van der Waals surface area contributed by atoms with Crippen molar-refractivity contribution in [3.63, 3.8) is 0 Å². The summed E-state index contributed by atoms with van der Waals surface area (Å²) >= 11 is 0. The molecule has 110 valence electrons. The minimum Gasteiger partial charge on any atom is -0.491 e. The quantitative estimate of drug-likeness (QED) is 0.916. The Hall–Kier alpha value is -1.55. The lowest BCUT2D eigenvalue weighted by molar-refractivity contribution is -0.130. The summed E-state index contributed by atoms with van der Waals surface area (Å²) in [6.45, 7) is 5.79. The van der Waals surface area contributed by atoms with E-state index >= 15 is 0 Å². The van der Waals surface area contributed by atoms with Crippen LogP contribution in [0.1, 0.15) is 38.2 Å². The molecule has 4 heteroatoms. The number of hydrogen-bond acceptors (Lipinski definition) is 3. The predicted molar refractivity (Wildman–Crippen MR) is 79.8 cm³/mol. The van der Waals surface area contributed by atoms with Gasteiger partial charge in [0.1, 0.15) is 5.75 Å². The highest BCUT2D eigenvalue weighted by atomic mass is 16.5. The van der Waals surface area contributed by atoms with Gasteiger partial charge in [-0.25, -0.2) is 0 Å². The molecular formula is C16H24N2O2. The standard InChI is InChI=1S/C16H24N2O2/c1-12(2)20-15-5-3-13(4-6-15)14-7-9-18(10-8-14)16(19)11-17/h3-6,12,14H,7-11,17H2,1-2H3. The number of nitrogens with two attached hydrogens (primary N) is 1. The molecule has 0 radical (unpaired) electrons. The first-order valence-corrected chi connectivity index (χ1v) is 7.34. The molecule has 4 nitrogen and oxygen atoms in total. The molecule has 0 aliphatic carbocycles. The highest BCUT2D eigenvalue weighted by Gasteiger charge is 2.22. The Balaban J connectivity index is 1.92. The minimum absolute atomic E-state index is 0.0594. The second-order valence-corrected chi connectivity index (χ2v) is 5.59. The van der Waals surface area contributed by atoms with Crippen LogP contribution in [0, 0.1) is 0 Å². The van der Waals surface area contributed by atoms with Gasteiger partial charge in [-0.15, -0.1) is 0 Å². The third kappa shape index (κ3) is 3.73. The van der Waals surface area contributed by atoms with Crippen molar-refractivity contribution in [3.05, 3.63) is 29.8 Å². The van der Waals surface area contributed by atoms with Crippen LogP contribution < -0.4 is 10.5 Å². The lowest BCUT2D eigenvalue weighted by Gasteiger charge is -2.32. The first-order chi connectivity index (χ1) is 9.60. The van der Waals surface area contributed by atoms with Crippen molar-refractivity contribution < 1.29 is 9.53 Å². The van der Waals surface area contributed by atoms with Gasteiger partial charge in [0.05, 0.1) is 12.6 Å². The molecule has 1 aliphatic rings. The Morgan fingerprint density at radius 1 is 1.30 bits per heavy atom. The maximum absolute atomic E-state index is 11.5. The zero-order chi connectivity index (χ0) is 14.5. The smallest absolute Gasteiger partial charge is 0.236 e. The number of benzene rings is 1. The van der Waals surface area contributed by atoms with Crippen LogP contribution >= 0.6 is 0 Å². The second kappa shape index (κ2) is 6.75.